The van der Waals surface area contributed by atoms with Crippen LogP contribution in [-0.4, -0.2) is 96.7 Å². The van der Waals surface area contributed by atoms with Crippen molar-refractivity contribution in [1.82, 2.24) is 0 Å². The minimum absolute atomic E-state index is 0.104. The van der Waals surface area contributed by atoms with Crippen LogP contribution in [0.1, 0.15) is 370 Å². The molecule has 0 saturated carbocycles. The van der Waals surface area contributed by atoms with E-state index in [1.807, 2.05) is 0 Å². The molecule has 0 aliphatic rings. The average Bonchev–Trinajstić information content (AvgIpc) is 2.24. The molecule has 552 valence electrons. The summed E-state index contributed by atoms with van der Waals surface area (Å²) >= 11 is 0. The summed E-state index contributed by atoms with van der Waals surface area (Å²) < 4.78 is 68.4. The van der Waals surface area contributed by atoms with Gasteiger partial charge in [0.15, 0.2) is 12.2 Å². The van der Waals surface area contributed by atoms with Crippen molar-refractivity contribution >= 4 is 39.5 Å². The Hall–Kier alpha value is -1.94. The molecule has 0 fully saturated rings. The molecule has 4 unspecified atom stereocenters. The van der Waals surface area contributed by atoms with Crippen molar-refractivity contribution in [2.75, 3.05) is 39.6 Å². The van der Waals surface area contributed by atoms with Crippen LogP contribution in [0.3, 0.4) is 0 Å². The van der Waals surface area contributed by atoms with E-state index in [0.29, 0.717) is 25.7 Å². The molecule has 0 spiro atoms. The molecule has 0 aliphatic heterocycles. The molecule has 0 aromatic heterocycles. The lowest BCUT2D eigenvalue weighted by Gasteiger charge is -2.21. The summed E-state index contributed by atoms with van der Waals surface area (Å²) in [5.74, 6) is 0.938. The highest BCUT2D eigenvalue weighted by atomic mass is 31.2. The molecule has 0 heterocycles. The molecular formula is C74H144O17P2. The van der Waals surface area contributed by atoms with E-state index in [1.165, 1.54) is 167 Å². The van der Waals surface area contributed by atoms with Gasteiger partial charge in [-0.2, -0.15) is 0 Å². The molecule has 0 aromatic carbocycles. The molecule has 0 aromatic rings. The van der Waals surface area contributed by atoms with Crippen molar-refractivity contribution in [3.63, 3.8) is 0 Å². The molecule has 19 heteroatoms. The van der Waals surface area contributed by atoms with Crippen molar-refractivity contribution in [2.24, 2.45) is 23.7 Å². The third kappa shape index (κ3) is 65.8. The molecule has 17 nitrogen and oxygen atoms in total. The van der Waals surface area contributed by atoms with Gasteiger partial charge >= 0.3 is 39.5 Å². The molecule has 0 rings (SSSR count). The van der Waals surface area contributed by atoms with Gasteiger partial charge in [-0.05, 0) is 49.4 Å². The number of ether oxygens (including phenoxy) is 4. The van der Waals surface area contributed by atoms with E-state index in [1.54, 1.807) is 0 Å². The van der Waals surface area contributed by atoms with Gasteiger partial charge in [-0.25, -0.2) is 9.13 Å². The Labute approximate surface area is 568 Å². The molecule has 0 radical (unpaired) electrons. The van der Waals surface area contributed by atoms with Gasteiger partial charge in [0.25, 0.3) is 0 Å². The van der Waals surface area contributed by atoms with E-state index < -0.39 is 97.5 Å². The average molecular weight is 1370 g/mol. The normalized spacial score (nSPS) is 14.8. The molecule has 0 amide bonds. The summed E-state index contributed by atoms with van der Waals surface area (Å²) in [5.41, 5.74) is 0. The zero-order chi connectivity index (χ0) is 68.9. The number of aliphatic hydroxyl groups is 1. The second-order valence-electron chi connectivity index (χ2n) is 28.1. The Kier molecular flexibility index (Phi) is 62.2. The number of carbonyl (C=O) groups is 4. The lowest BCUT2D eigenvalue weighted by molar-refractivity contribution is -0.161. The van der Waals surface area contributed by atoms with Gasteiger partial charge in [0.2, 0.25) is 0 Å². The molecule has 3 N–H and O–H groups in total. The third-order valence-corrected chi connectivity index (χ3v) is 19.7. The Morgan fingerprint density at radius 2 is 0.516 bits per heavy atom. The molecule has 93 heavy (non-hydrogen) atoms. The van der Waals surface area contributed by atoms with Crippen LogP contribution in [0, 0.1) is 23.7 Å². The van der Waals surface area contributed by atoms with E-state index in [4.69, 9.17) is 37.0 Å². The van der Waals surface area contributed by atoms with Crippen molar-refractivity contribution in [1.29, 1.82) is 0 Å². The third-order valence-electron chi connectivity index (χ3n) is 17.8. The number of hydrogen-bond donors (Lipinski definition) is 3. The Balaban J connectivity index is 5.22. The highest BCUT2D eigenvalue weighted by molar-refractivity contribution is 7.47. The highest BCUT2D eigenvalue weighted by Gasteiger charge is 2.30. The summed E-state index contributed by atoms with van der Waals surface area (Å²) in [5, 5.41) is 10.6. The van der Waals surface area contributed by atoms with Crippen molar-refractivity contribution in [3.8, 4) is 0 Å². The second-order valence-corrected chi connectivity index (χ2v) is 31.0. The van der Waals surface area contributed by atoms with Crippen molar-refractivity contribution < 1.29 is 80.2 Å². The standard InChI is InChI=1S/C74H144O17P2/c1-9-66(7)52-44-36-28-21-17-13-11-12-14-18-22-29-38-46-54-71(76)84-60-69(91-74(79)57-49-41-31-25-24-27-35-43-51-65(5)6)62-88-92(80,81)86-58-68(75)59-87-93(82,83)89-63-70(61-85-72(77)55-47-39-33-32-37-45-53-67(8)10-2)90-73(78)56-48-40-30-23-19-15-16-20-26-34-42-50-64(3)4/h64-70,75H,9-63H2,1-8H3,(H,80,81)(H,82,83)/t66?,67?,68-,69-,70-/m1/s1. The Bertz CT molecular complexity index is 1840. The maximum atomic E-state index is 13.0. The van der Waals surface area contributed by atoms with Gasteiger partial charge in [0.1, 0.15) is 19.3 Å². The van der Waals surface area contributed by atoms with Gasteiger partial charge in [0, 0.05) is 25.7 Å². The number of hydrogen-bond acceptors (Lipinski definition) is 15. The molecule has 7 atom stereocenters. The van der Waals surface area contributed by atoms with Crippen LogP contribution in [0.4, 0.5) is 0 Å². The predicted molar refractivity (Wildman–Crippen MR) is 377 cm³/mol. The van der Waals surface area contributed by atoms with Crippen LogP contribution in [0.15, 0.2) is 0 Å². The fourth-order valence-corrected chi connectivity index (χ4v) is 12.7. The molecule has 0 aliphatic carbocycles. The summed E-state index contributed by atoms with van der Waals surface area (Å²) in [4.78, 5) is 72.7. The van der Waals surface area contributed by atoms with Crippen LogP contribution in [-0.2, 0) is 65.4 Å². The maximum Gasteiger partial charge on any atom is 0.472 e. The molecule has 0 saturated heterocycles. The van der Waals surface area contributed by atoms with Gasteiger partial charge in [0.05, 0.1) is 26.4 Å². The summed E-state index contributed by atoms with van der Waals surface area (Å²) in [6.07, 6.45) is 47.2. The van der Waals surface area contributed by atoms with Gasteiger partial charge in [-0.15, -0.1) is 0 Å². The summed E-state index contributed by atoms with van der Waals surface area (Å²) in [6, 6.07) is 0. The number of esters is 4. The van der Waals surface area contributed by atoms with Crippen molar-refractivity contribution in [3.05, 3.63) is 0 Å². The number of carbonyl (C=O) groups excluding carboxylic acids is 4. The zero-order valence-electron chi connectivity index (χ0n) is 60.9. The highest BCUT2D eigenvalue weighted by Crippen LogP contribution is 2.45. The first kappa shape index (κ1) is 91.1. The van der Waals surface area contributed by atoms with Crippen LogP contribution in [0.25, 0.3) is 0 Å². The SMILES string of the molecule is CCC(C)CCCCCCCCCCCCCCCCC(=O)OC[C@H](COP(=O)(O)OC[C@@H](O)COP(=O)(O)OC[C@@H](COC(=O)CCCCCCCCC(C)CC)OC(=O)CCCCCCCCCCCCCC(C)C)OC(=O)CCCCCCCCCCC(C)C. The first-order chi connectivity index (χ1) is 44.7. The number of aliphatic hydroxyl groups excluding tert-OH is 1. The van der Waals surface area contributed by atoms with E-state index in [-0.39, 0.29) is 25.7 Å². The van der Waals surface area contributed by atoms with E-state index in [0.717, 1.165) is 120 Å². The quantitative estimate of drug-likeness (QED) is 0.0222. The summed E-state index contributed by atoms with van der Waals surface area (Å²) in [6.45, 7) is 14.2. The van der Waals surface area contributed by atoms with Gasteiger partial charge in [-0.1, -0.05) is 319 Å². The number of unbranched alkanes of at least 4 members (excludes halogenated alkanes) is 35. The van der Waals surface area contributed by atoms with Crippen molar-refractivity contribution in [2.45, 2.75) is 388 Å². The Morgan fingerprint density at radius 1 is 0.301 bits per heavy atom. The lowest BCUT2D eigenvalue weighted by atomic mass is 9.99. The fraction of sp³-hybridized carbons (Fsp3) is 0.946. The summed E-state index contributed by atoms with van der Waals surface area (Å²) in [7, 11) is -9.91. The van der Waals surface area contributed by atoms with E-state index in [2.05, 4.69) is 55.4 Å². The molecule has 0 bridgehead atoms. The van der Waals surface area contributed by atoms with Crippen LogP contribution in [0.5, 0.6) is 0 Å². The topological polar surface area (TPSA) is 237 Å². The van der Waals surface area contributed by atoms with E-state index in [9.17, 15) is 43.2 Å². The first-order valence-corrected chi connectivity index (χ1v) is 41.3. The van der Waals surface area contributed by atoms with Gasteiger partial charge < -0.3 is 33.8 Å². The van der Waals surface area contributed by atoms with Crippen LogP contribution >= 0.6 is 15.6 Å². The number of rotatable bonds is 71. The van der Waals surface area contributed by atoms with E-state index >= 15 is 0 Å². The largest absolute Gasteiger partial charge is 0.472 e. The number of phosphoric acid groups is 2. The minimum atomic E-state index is -4.96. The monoisotopic (exact) mass is 1370 g/mol. The predicted octanol–water partition coefficient (Wildman–Crippen LogP) is 21.3. The Morgan fingerprint density at radius 3 is 0.763 bits per heavy atom. The minimum Gasteiger partial charge on any atom is -0.462 e. The maximum absolute atomic E-state index is 13.0. The van der Waals surface area contributed by atoms with Crippen LogP contribution < -0.4 is 0 Å². The number of phosphoric ester groups is 2. The van der Waals surface area contributed by atoms with Crippen LogP contribution in [0.2, 0.25) is 0 Å². The lowest BCUT2D eigenvalue weighted by Crippen LogP contribution is -2.30. The smallest absolute Gasteiger partial charge is 0.462 e. The molecular weight excluding hydrogens is 1220 g/mol. The fourth-order valence-electron chi connectivity index (χ4n) is 11.1. The first-order valence-electron chi connectivity index (χ1n) is 38.3. The van der Waals surface area contributed by atoms with Gasteiger partial charge in [-0.3, -0.25) is 37.3 Å². The second kappa shape index (κ2) is 63.5. The zero-order valence-corrected chi connectivity index (χ0v) is 62.7.